The highest BCUT2D eigenvalue weighted by Gasteiger charge is 2.50. The third-order valence-electron chi connectivity index (χ3n) is 6.99. The molecule has 0 bridgehead atoms. The molecule has 28 heavy (non-hydrogen) atoms. The fraction of sp³-hybridized carbons (Fsp3) is 0.609. The van der Waals surface area contributed by atoms with E-state index in [1.165, 1.54) is 18.4 Å². The molecule has 5 heteroatoms. The van der Waals surface area contributed by atoms with E-state index in [9.17, 15) is 4.79 Å². The molecule has 5 rings (SSSR count). The van der Waals surface area contributed by atoms with Crippen LogP contribution in [0.5, 0.6) is 5.75 Å². The van der Waals surface area contributed by atoms with Gasteiger partial charge >= 0.3 is 0 Å². The van der Waals surface area contributed by atoms with Crippen molar-refractivity contribution >= 4 is 5.91 Å². The van der Waals surface area contributed by atoms with Crippen LogP contribution in [0.2, 0.25) is 0 Å². The van der Waals surface area contributed by atoms with Crippen LogP contribution in [0.15, 0.2) is 36.9 Å². The second-order valence-electron chi connectivity index (χ2n) is 8.88. The Hall–Kier alpha value is -1.85. The van der Waals surface area contributed by atoms with E-state index in [2.05, 4.69) is 39.5 Å². The Labute approximate surface area is 167 Å². The molecule has 3 heterocycles. The fourth-order valence-corrected chi connectivity index (χ4v) is 5.32. The van der Waals surface area contributed by atoms with Gasteiger partial charge in [0.25, 0.3) is 0 Å². The summed E-state index contributed by atoms with van der Waals surface area (Å²) >= 11 is 0. The normalized spacial score (nSPS) is 30.4. The molecule has 0 radical (unpaired) electrons. The third kappa shape index (κ3) is 3.35. The van der Waals surface area contributed by atoms with Crippen molar-refractivity contribution in [1.29, 1.82) is 0 Å². The molecule has 3 fully saturated rings. The summed E-state index contributed by atoms with van der Waals surface area (Å²) in [6.45, 7) is 11.0. The summed E-state index contributed by atoms with van der Waals surface area (Å²) < 4.78 is 6.11. The van der Waals surface area contributed by atoms with Crippen LogP contribution in [0.25, 0.3) is 0 Å². The second-order valence-corrected chi connectivity index (χ2v) is 8.88. The molecule has 3 aliphatic heterocycles. The van der Waals surface area contributed by atoms with Gasteiger partial charge in [0, 0.05) is 63.3 Å². The number of likely N-dealkylation sites (tertiary alicyclic amines) is 1. The second kappa shape index (κ2) is 7.53. The van der Waals surface area contributed by atoms with E-state index in [1.54, 1.807) is 0 Å². The lowest BCUT2D eigenvalue weighted by Crippen LogP contribution is -2.51. The summed E-state index contributed by atoms with van der Waals surface area (Å²) in [5.74, 6) is 2.51. The number of ether oxygens (including phenoxy) is 1. The number of para-hydroxylation sites is 1. The summed E-state index contributed by atoms with van der Waals surface area (Å²) in [6.07, 6.45) is 4.64. The molecular weight excluding hydrogens is 350 g/mol. The van der Waals surface area contributed by atoms with Crippen LogP contribution in [-0.2, 0) is 4.79 Å². The number of hydrogen-bond acceptors (Lipinski definition) is 4. The summed E-state index contributed by atoms with van der Waals surface area (Å²) in [7, 11) is 0. The standard InChI is InChI=1S/C23H31N3O2/c1-2-9-24-10-12-25(13-11-24)23(27)19-15-26(14-17-7-8-17)22-18-5-3-4-6-21(18)28-16-20(19)22/h2-6,17,19-20,22H,1,7-16H2/t19-,20+,22+/m1/s1. The predicted molar refractivity (Wildman–Crippen MR) is 109 cm³/mol. The molecule has 1 saturated carbocycles. The molecule has 0 spiro atoms. The minimum absolute atomic E-state index is 0.0584. The molecule has 2 saturated heterocycles. The highest BCUT2D eigenvalue weighted by Crippen LogP contribution is 2.49. The first-order valence-electron chi connectivity index (χ1n) is 10.8. The van der Waals surface area contributed by atoms with E-state index in [-0.39, 0.29) is 11.8 Å². The average Bonchev–Trinajstić information content (AvgIpc) is 3.47. The summed E-state index contributed by atoms with van der Waals surface area (Å²) in [6, 6.07) is 8.77. The van der Waals surface area contributed by atoms with E-state index in [0.29, 0.717) is 18.6 Å². The maximum absolute atomic E-state index is 13.5. The molecule has 0 aromatic heterocycles. The highest BCUT2D eigenvalue weighted by atomic mass is 16.5. The van der Waals surface area contributed by atoms with Crippen molar-refractivity contribution in [3.05, 3.63) is 42.5 Å². The topological polar surface area (TPSA) is 36.0 Å². The van der Waals surface area contributed by atoms with E-state index in [1.807, 2.05) is 12.1 Å². The first-order chi connectivity index (χ1) is 13.7. The number of rotatable bonds is 5. The van der Waals surface area contributed by atoms with Gasteiger partial charge in [-0.2, -0.15) is 0 Å². The zero-order valence-corrected chi connectivity index (χ0v) is 16.6. The van der Waals surface area contributed by atoms with Crippen LogP contribution in [-0.4, -0.2) is 73.0 Å². The molecule has 4 aliphatic rings. The summed E-state index contributed by atoms with van der Waals surface area (Å²) in [5, 5.41) is 0. The van der Waals surface area contributed by atoms with Gasteiger partial charge in [-0.25, -0.2) is 0 Å². The van der Waals surface area contributed by atoms with E-state index in [0.717, 1.165) is 57.5 Å². The number of carbonyl (C=O) groups is 1. The Morgan fingerprint density at radius 2 is 1.96 bits per heavy atom. The van der Waals surface area contributed by atoms with E-state index in [4.69, 9.17) is 4.74 Å². The molecule has 3 atom stereocenters. The first kappa shape index (κ1) is 18.2. The van der Waals surface area contributed by atoms with Gasteiger partial charge in [-0.15, -0.1) is 6.58 Å². The Kier molecular flexibility index (Phi) is 4.89. The fourth-order valence-electron chi connectivity index (χ4n) is 5.32. The largest absolute Gasteiger partial charge is 0.493 e. The van der Waals surface area contributed by atoms with Gasteiger partial charge in [-0.1, -0.05) is 24.3 Å². The zero-order valence-electron chi connectivity index (χ0n) is 16.6. The van der Waals surface area contributed by atoms with Crippen molar-refractivity contribution in [2.24, 2.45) is 17.8 Å². The van der Waals surface area contributed by atoms with E-state index < -0.39 is 0 Å². The van der Waals surface area contributed by atoms with Gasteiger partial charge in [-0.3, -0.25) is 14.6 Å². The smallest absolute Gasteiger partial charge is 0.227 e. The van der Waals surface area contributed by atoms with Crippen LogP contribution in [0.4, 0.5) is 0 Å². The molecule has 0 N–H and O–H groups in total. The molecule has 0 unspecified atom stereocenters. The first-order valence-corrected chi connectivity index (χ1v) is 10.8. The van der Waals surface area contributed by atoms with Gasteiger partial charge in [0.05, 0.1) is 12.5 Å². The molecule has 1 aromatic rings. The molecule has 1 amide bonds. The van der Waals surface area contributed by atoms with Gasteiger partial charge < -0.3 is 9.64 Å². The lowest BCUT2D eigenvalue weighted by Gasteiger charge is -2.37. The highest BCUT2D eigenvalue weighted by molar-refractivity contribution is 5.80. The number of carbonyl (C=O) groups excluding carboxylic acids is 1. The number of amides is 1. The van der Waals surface area contributed by atoms with Crippen LogP contribution >= 0.6 is 0 Å². The molecule has 150 valence electrons. The van der Waals surface area contributed by atoms with Gasteiger partial charge in [0.15, 0.2) is 0 Å². The van der Waals surface area contributed by atoms with Crippen molar-refractivity contribution in [3.8, 4) is 5.75 Å². The molecule has 1 aromatic carbocycles. The summed E-state index contributed by atoms with van der Waals surface area (Å²) in [5.41, 5.74) is 1.28. The number of benzene rings is 1. The van der Waals surface area contributed by atoms with Crippen molar-refractivity contribution < 1.29 is 9.53 Å². The predicted octanol–water partition coefficient (Wildman–Crippen LogP) is 2.41. The van der Waals surface area contributed by atoms with Crippen LogP contribution in [0.1, 0.15) is 24.4 Å². The van der Waals surface area contributed by atoms with Crippen molar-refractivity contribution in [2.75, 3.05) is 52.4 Å². The molecular formula is C23H31N3O2. The molecule has 5 nitrogen and oxygen atoms in total. The van der Waals surface area contributed by atoms with Crippen LogP contribution < -0.4 is 4.74 Å². The minimum Gasteiger partial charge on any atom is -0.493 e. The zero-order chi connectivity index (χ0) is 19.1. The number of piperazine rings is 1. The molecule has 1 aliphatic carbocycles. The van der Waals surface area contributed by atoms with E-state index >= 15 is 0 Å². The third-order valence-corrected chi connectivity index (χ3v) is 6.99. The number of hydrogen-bond donors (Lipinski definition) is 0. The Morgan fingerprint density at radius 3 is 2.71 bits per heavy atom. The van der Waals surface area contributed by atoms with Gasteiger partial charge in [0.2, 0.25) is 5.91 Å². The van der Waals surface area contributed by atoms with Crippen molar-refractivity contribution in [3.63, 3.8) is 0 Å². The maximum Gasteiger partial charge on any atom is 0.227 e. The number of fused-ring (bicyclic) bond motifs is 3. The average molecular weight is 382 g/mol. The van der Waals surface area contributed by atoms with Crippen LogP contribution in [0, 0.1) is 17.8 Å². The van der Waals surface area contributed by atoms with Crippen molar-refractivity contribution in [1.82, 2.24) is 14.7 Å². The van der Waals surface area contributed by atoms with Gasteiger partial charge in [-0.05, 0) is 24.8 Å². The monoisotopic (exact) mass is 381 g/mol. The van der Waals surface area contributed by atoms with Crippen LogP contribution in [0.3, 0.4) is 0 Å². The van der Waals surface area contributed by atoms with Crippen molar-refractivity contribution in [2.45, 2.75) is 18.9 Å². The lowest BCUT2D eigenvalue weighted by atomic mass is 9.84. The Balaban J connectivity index is 1.34. The minimum atomic E-state index is 0.0584. The quantitative estimate of drug-likeness (QED) is 0.734. The lowest BCUT2D eigenvalue weighted by molar-refractivity contribution is -0.138. The van der Waals surface area contributed by atoms with Gasteiger partial charge in [0.1, 0.15) is 5.75 Å². The Morgan fingerprint density at radius 1 is 1.18 bits per heavy atom. The maximum atomic E-state index is 13.5. The summed E-state index contributed by atoms with van der Waals surface area (Å²) in [4.78, 5) is 20.5. The Bertz CT molecular complexity index is 739. The number of nitrogens with zero attached hydrogens (tertiary/aromatic N) is 3. The SMILES string of the molecule is C=CCN1CCN(C(=O)[C@@H]2CN(CC3CC3)[C@H]3c4ccccc4OC[C@@H]23)CC1.